The smallest absolute Gasteiger partial charge is 0.437 e. The maximum atomic E-state index is 11.8. The molecule has 1 aliphatic rings. The number of hydrogen-bond donors (Lipinski definition) is 1. The predicted molar refractivity (Wildman–Crippen MR) is 76.5 cm³/mol. The van der Waals surface area contributed by atoms with E-state index >= 15 is 0 Å². The summed E-state index contributed by atoms with van der Waals surface area (Å²) < 4.78 is 1.71. The zero-order valence-corrected chi connectivity index (χ0v) is 12.5. The first-order valence-electron chi connectivity index (χ1n) is 5.95. The van der Waals surface area contributed by atoms with Crippen molar-refractivity contribution in [3.05, 3.63) is 44.4 Å². The molecule has 3 rings (SSSR count). The van der Waals surface area contributed by atoms with Gasteiger partial charge in [0.1, 0.15) is 0 Å². The number of aromatic nitrogens is 1. The summed E-state index contributed by atoms with van der Waals surface area (Å²) in [5, 5.41) is 15.4. The fourth-order valence-electron chi connectivity index (χ4n) is 1.79. The molecule has 1 aliphatic heterocycles. The van der Waals surface area contributed by atoms with Crippen molar-refractivity contribution in [2.24, 2.45) is 5.28 Å². The van der Waals surface area contributed by atoms with Gasteiger partial charge in [-0.15, -0.1) is 11.3 Å². The Labute approximate surface area is 128 Å². The number of nitrogens with one attached hydrogen (secondary N) is 1. The number of rotatable bonds is 2. The quantitative estimate of drug-likeness (QED) is 0.524. The van der Waals surface area contributed by atoms with Gasteiger partial charge >= 0.3 is 11.7 Å². The molecular weight excluding hydrogens is 310 g/mol. The molecule has 2 aromatic rings. The van der Waals surface area contributed by atoms with Crippen LogP contribution in [0, 0.1) is 10.9 Å². The molecule has 1 aromatic carbocycles. The van der Waals surface area contributed by atoms with Gasteiger partial charge in [0.25, 0.3) is 0 Å². The van der Waals surface area contributed by atoms with E-state index in [4.69, 9.17) is 17.1 Å². The van der Waals surface area contributed by atoms with Crippen LogP contribution in [0.25, 0.3) is 6.08 Å². The number of carbonyl (C=O) groups excluding carboxylic acids is 1. The molecular formula is C13H9N3O3S2. The molecule has 0 unspecified atom stereocenters. The van der Waals surface area contributed by atoms with Crippen molar-refractivity contribution in [3.63, 3.8) is 0 Å². The first-order chi connectivity index (χ1) is 10.0. The fourth-order valence-corrected chi connectivity index (χ4v) is 2.81. The monoisotopic (exact) mass is 319 g/mol. The number of H-pyrrole nitrogens is 1. The van der Waals surface area contributed by atoms with Crippen molar-refractivity contribution < 1.29 is 19.4 Å². The third-order valence-corrected chi connectivity index (χ3v) is 3.99. The summed E-state index contributed by atoms with van der Waals surface area (Å²) in [5.41, 5.74) is 1.92. The second kappa shape index (κ2) is 5.23. The lowest BCUT2D eigenvalue weighted by Crippen LogP contribution is -2.05. The highest BCUT2D eigenvalue weighted by molar-refractivity contribution is 7.73. The van der Waals surface area contributed by atoms with Gasteiger partial charge in [0.05, 0.1) is 0 Å². The van der Waals surface area contributed by atoms with Crippen molar-refractivity contribution in [3.8, 4) is 5.88 Å². The normalized spacial score (nSPS) is 16.1. The van der Waals surface area contributed by atoms with Crippen LogP contribution >= 0.6 is 23.6 Å². The molecule has 21 heavy (non-hydrogen) atoms. The van der Waals surface area contributed by atoms with Crippen LogP contribution in [0.1, 0.15) is 10.4 Å². The van der Waals surface area contributed by atoms with Crippen LogP contribution in [-0.4, -0.2) is 15.7 Å². The minimum Gasteiger partial charge on any atom is -0.859 e. The number of aryl methyl sites for hydroxylation is 1. The van der Waals surface area contributed by atoms with E-state index in [0.717, 1.165) is 16.9 Å². The van der Waals surface area contributed by atoms with E-state index in [-0.39, 0.29) is 11.6 Å². The van der Waals surface area contributed by atoms with Crippen LogP contribution in [0.4, 0.5) is 5.69 Å². The van der Waals surface area contributed by atoms with Crippen molar-refractivity contribution in [2.45, 2.75) is 6.92 Å². The molecule has 0 aliphatic carbocycles. The summed E-state index contributed by atoms with van der Waals surface area (Å²) in [7, 11) is 0. The van der Waals surface area contributed by atoms with Gasteiger partial charge in [-0.25, -0.2) is 4.79 Å². The summed E-state index contributed by atoms with van der Waals surface area (Å²) in [5.74, 6) is -0.949. The molecule has 0 saturated heterocycles. The van der Waals surface area contributed by atoms with E-state index in [9.17, 15) is 9.90 Å². The lowest BCUT2D eigenvalue weighted by molar-refractivity contribution is -0.462. The van der Waals surface area contributed by atoms with Gasteiger partial charge in [0.15, 0.2) is 3.95 Å². The lowest BCUT2D eigenvalue weighted by atomic mass is 10.2. The Morgan fingerprint density at radius 3 is 2.76 bits per heavy atom. The van der Waals surface area contributed by atoms with Gasteiger partial charge in [-0.1, -0.05) is 17.7 Å². The average Bonchev–Trinajstić information content (AvgIpc) is 2.95. The van der Waals surface area contributed by atoms with Crippen LogP contribution in [0.2, 0.25) is 0 Å². The van der Waals surface area contributed by atoms with E-state index in [2.05, 4.69) is 10.3 Å². The van der Waals surface area contributed by atoms with Gasteiger partial charge in [0, 0.05) is 23.1 Å². The predicted octanol–water partition coefficient (Wildman–Crippen LogP) is 2.80. The Bertz CT molecular complexity index is 831. The Kier molecular flexibility index (Phi) is 3.40. The van der Waals surface area contributed by atoms with E-state index < -0.39 is 5.97 Å². The number of thiazole rings is 1. The maximum Gasteiger partial charge on any atom is 0.437 e. The van der Waals surface area contributed by atoms with Crippen LogP contribution in [0.15, 0.2) is 35.2 Å². The van der Waals surface area contributed by atoms with Crippen LogP contribution < -0.4 is 5.11 Å². The third-order valence-electron chi connectivity index (χ3n) is 2.83. The van der Waals surface area contributed by atoms with Gasteiger partial charge < -0.3 is 10.1 Å². The minimum absolute atomic E-state index is 0.168. The van der Waals surface area contributed by atoms with Gasteiger partial charge in [-0.05, 0) is 29.7 Å². The molecule has 0 bridgehead atoms. The number of aromatic amines is 1. The number of hydrogen-bond acceptors (Lipinski definition) is 6. The first-order valence-corrected chi connectivity index (χ1v) is 7.18. The highest BCUT2D eigenvalue weighted by atomic mass is 32.1. The molecule has 6 nitrogen and oxygen atoms in total. The molecule has 0 amide bonds. The van der Waals surface area contributed by atoms with Crippen LogP contribution in [-0.2, 0) is 9.63 Å². The molecule has 106 valence electrons. The molecule has 2 heterocycles. The fraction of sp³-hybridized carbons (Fsp3) is 0.0769. The summed E-state index contributed by atoms with van der Waals surface area (Å²) in [6, 6.07) is 7.41. The maximum absolute atomic E-state index is 11.8. The largest absolute Gasteiger partial charge is 0.859 e. The zero-order chi connectivity index (χ0) is 15.0. The Morgan fingerprint density at radius 1 is 1.43 bits per heavy atom. The van der Waals surface area contributed by atoms with E-state index in [1.165, 1.54) is 10.8 Å². The number of nitrogens with zero attached hydrogens (tertiary/aromatic N) is 2. The van der Waals surface area contributed by atoms with Gasteiger partial charge in [0.2, 0.25) is 11.0 Å². The molecule has 0 radical (unpaired) electrons. The molecule has 1 aromatic heterocycles. The molecule has 0 fully saturated rings. The second-order valence-electron chi connectivity index (χ2n) is 4.35. The molecule has 8 heteroatoms. The topological polar surface area (TPSA) is 80.5 Å². The molecule has 0 atom stereocenters. The van der Waals surface area contributed by atoms with Gasteiger partial charge in [-0.3, -0.25) is 4.84 Å². The SMILES string of the molecule is Cc1ccc([N+]2=NOC(=O)/C2=C\c2sc(=S)[nH]c2[O-])cc1. The van der Waals surface area contributed by atoms with Crippen molar-refractivity contribution in [2.75, 3.05) is 0 Å². The van der Waals surface area contributed by atoms with Crippen molar-refractivity contribution >= 4 is 41.3 Å². The summed E-state index contributed by atoms with van der Waals surface area (Å²) in [4.78, 5) is 19.3. The zero-order valence-electron chi connectivity index (χ0n) is 10.8. The van der Waals surface area contributed by atoms with E-state index in [1.807, 2.05) is 31.2 Å². The van der Waals surface area contributed by atoms with Crippen LogP contribution in [0.5, 0.6) is 5.88 Å². The Balaban J connectivity index is 2.05. The highest BCUT2D eigenvalue weighted by Gasteiger charge is 2.36. The number of benzene rings is 1. The van der Waals surface area contributed by atoms with Gasteiger partial charge in [-0.2, -0.15) is 0 Å². The summed E-state index contributed by atoms with van der Waals surface area (Å²) in [6.07, 6.45) is 1.43. The first kappa shape index (κ1) is 13.7. The lowest BCUT2D eigenvalue weighted by Gasteiger charge is -2.00. The van der Waals surface area contributed by atoms with E-state index in [1.54, 1.807) is 0 Å². The Morgan fingerprint density at radius 2 is 2.14 bits per heavy atom. The molecule has 0 saturated carbocycles. The van der Waals surface area contributed by atoms with Crippen LogP contribution in [0.3, 0.4) is 0 Å². The Hall–Kier alpha value is -2.32. The average molecular weight is 319 g/mol. The highest BCUT2D eigenvalue weighted by Crippen LogP contribution is 2.28. The summed E-state index contributed by atoms with van der Waals surface area (Å²) >= 11 is 6.01. The molecule has 1 N–H and O–H groups in total. The van der Waals surface area contributed by atoms with Crippen molar-refractivity contribution in [1.82, 2.24) is 4.98 Å². The third kappa shape index (κ3) is 2.63. The molecule has 0 spiro atoms. The summed E-state index contributed by atoms with van der Waals surface area (Å²) in [6.45, 7) is 1.96. The standard InChI is InChI=1S/C13H9N3O3S2/c1-7-2-4-8(5-3-7)16-9(12(18)19-15-16)6-10-11(17)14-13(20)21-10/h2-6H,1H3,(H-,14,15,17,18,20). The minimum atomic E-state index is -0.616. The van der Waals surface area contributed by atoms with E-state index in [0.29, 0.717) is 14.5 Å². The van der Waals surface area contributed by atoms with Crippen molar-refractivity contribution in [1.29, 1.82) is 0 Å². The second-order valence-corrected chi connectivity index (χ2v) is 6.06. The number of carbonyl (C=O) groups is 1.